The molecule has 2 amide bonds. The Kier molecular flexibility index (Phi) is 6.37. The number of amides is 2. The second kappa shape index (κ2) is 9.36. The number of aromatic nitrogens is 1. The van der Waals surface area contributed by atoms with E-state index in [-0.39, 0.29) is 29.5 Å². The maximum atomic E-state index is 14.6. The van der Waals surface area contributed by atoms with E-state index in [1.807, 2.05) is 12.1 Å². The van der Waals surface area contributed by atoms with E-state index < -0.39 is 5.82 Å². The van der Waals surface area contributed by atoms with E-state index in [0.29, 0.717) is 28.2 Å². The number of ether oxygens (including phenoxy) is 1. The number of benzene rings is 2. The number of pyridine rings is 1. The van der Waals surface area contributed by atoms with Crippen LogP contribution < -0.4 is 15.4 Å². The summed E-state index contributed by atoms with van der Waals surface area (Å²) in [7, 11) is 0. The average Bonchev–Trinajstić information content (AvgIpc) is 3.57. The molecule has 32 heavy (non-hydrogen) atoms. The number of nitrogens with one attached hydrogen (secondary N) is 2. The van der Waals surface area contributed by atoms with Crippen molar-refractivity contribution >= 4 is 34.9 Å². The largest absolute Gasteiger partial charge is 0.457 e. The first-order valence-corrected chi connectivity index (χ1v) is 10.5. The molecule has 1 aliphatic rings. The van der Waals surface area contributed by atoms with Gasteiger partial charge in [-0.2, -0.15) is 0 Å². The summed E-state index contributed by atoms with van der Waals surface area (Å²) in [6, 6.07) is 13.0. The number of nitrogens with zero attached hydrogens (tertiary/aromatic N) is 1. The van der Waals surface area contributed by atoms with E-state index in [9.17, 15) is 14.0 Å². The molecule has 8 heteroatoms. The van der Waals surface area contributed by atoms with Gasteiger partial charge in [-0.05, 0) is 54.2 Å². The third-order valence-electron chi connectivity index (χ3n) is 4.96. The Morgan fingerprint density at radius 2 is 1.88 bits per heavy atom. The maximum Gasteiger partial charge on any atom is 0.228 e. The van der Waals surface area contributed by atoms with Gasteiger partial charge < -0.3 is 15.4 Å². The fourth-order valence-corrected chi connectivity index (χ4v) is 3.44. The molecule has 164 valence electrons. The minimum absolute atomic E-state index is 0.141. The van der Waals surface area contributed by atoms with Crippen LogP contribution in [-0.4, -0.2) is 16.8 Å². The molecule has 0 saturated heterocycles. The van der Waals surface area contributed by atoms with Crippen LogP contribution in [0.25, 0.3) is 0 Å². The molecule has 0 aliphatic heterocycles. The normalized spacial score (nSPS) is 12.8. The number of carbonyl (C=O) groups excluding carboxylic acids is 2. The van der Waals surface area contributed by atoms with Crippen molar-refractivity contribution in [1.82, 2.24) is 4.98 Å². The molecular weight excluding hydrogens is 433 g/mol. The van der Waals surface area contributed by atoms with Crippen LogP contribution in [0.4, 0.5) is 15.9 Å². The lowest BCUT2D eigenvalue weighted by Crippen LogP contribution is -2.15. The number of carbonyl (C=O) groups is 2. The van der Waals surface area contributed by atoms with Gasteiger partial charge in [-0.15, -0.1) is 0 Å². The molecule has 0 spiro atoms. The summed E-state index contributed by atoms with van der Waals surface area (Å²) in [5, 5.41) is 5.77. The maximum absolute atomic E-state index is 14.6. The Labute approximate surface area is 189 Å². The van der Waals surface area contributed by atoms with E-state index in [2.05, 4.69) is 15.6 Å². The first-order chi connectivity index (χ1) is 15.4. The zero-order valence-corrected chi connectivity index (χ0v) is 18.1. The summed E-state index contributed by atoms with van der Waals surface area (Å²) >= 11 is 6.20. The zero-order chi connectivity index (χ0) is 22.7. The molecule has 0 bridgehead atoms. The summed E-state index contributed by atoms with van der Waals surface area (Å²) in [6.07, 6.45) is 3.61. The van der Waals surface area contributed by atoms with Crippen molar-refractivity contribution in [3.05, 3.63) is 76.7 Å². The number of halogens is 2. The quantitative estimate of drug-likeness (QED) is 0.482. The van der Waals surface area contributed by atoms with Crippen molar-refractivity contribution in [3.8, 4) is 11.5 Å². The molecule has 1 heterocycles. The summed E-state index contributed by atoms with van der Waals surface area (Å²) in [5.74, 6) is 0.318. The lowest BCUT2D eigenvalue weighted by atomic mass is 10.1. The third-order valence-corrected chi connectivity index (χ3v) is 5.29. The van der Waals surface area contributed by atoms with Crippen LogP contribution in [0.15, 0.2) is 54.7 Å². The van der Waals surface area contributed by atoms with Gasteiger partial charge in [0.15, 0.2) is 0 Å². The SMILES string of the molecule is CC(=O)Nc1cc(Oc2ccc(CC(=O)Nc3cc(C4CC4)ccc3Cl)c(F)c2)ccn1. The molecule has 1 saturated carbocycles. The minimum Gasteiger partial charge on any atom is -0.457 e. The Morgan fingerprint density at radius 3 is 2.59 bits per heavy atom. The van der Waals surface area contributed by atoms with Gasteiger partial charge in [0.2, 0.25) is 11.8 Å². The standard InChI is InChI=1S/C24H21ClFN3O3/c1-14(30)28-23-13-19(8-9-27-23)32-18-6-4-17(21(26)12-18)11-24(31)29-22-10-16(15-2-3-15)5-7-20(22)25/h4-10,12-13,15H,2-3,11H2,1H3,(H,29,31)(H,27,28,30). The van der Waals surface area contributed by atoms with Crippen molar-refractivity contribution in [2.45, 2.75) is 32.1 Å². The third kappa shape index (κ3) is 5.62. The van der Waals surface area contributed by atoms with Crippen LogP contribution in [0.3, 0.4) is 0 Å². The van der Waals surface area contributed by atoms with Crippen molar-refractivity contribution in [2.75, 3.05) is 10.6 Å². The summed E-state index contributed by atoms with van der Waals surface area (Å²) < 4.78 is 20.3. The smallest absolute Gasteiger partial charge is 0.228 e. The first-order valence-electron chi connectivity index (χ1n) is 10.2. The van der Waals surface area contributed by atoms with Crippen LogP contribution in [0.2, 0.25) is 5.02 Å². The zero-order valence-electron chi connectivity index (χ0n) is 17.3. The van der Waals surface area contributed by atoms with Crippen LogP contribution in [0, 0.1) is 5.82 Å². The Morgan fingerprint density at radius 1 is 1.09 bits per heavy atom. The van der Waals surface area contributed by atoms with Crippen LogP contribution >= 0.6 is 11.6 Å². The molecular formula is C24H21ClFN3O3. The van der Waals surface area contributed by atoms with Crippen molar-refractivity contribution in [2.24, 2.45) is 0 Å². The molecule has 1 fully saturated rings. The predicted molar refractivity (Wildman–Crippen MR) is 121 cm³/mol. The fourth-order valence-electron chi connectivity index (χ4n) is 3.27. The minimum atomic E-state index is -0.563. The molecule has 1 aromatic heterocycles. The van der Waals surface area contributed by atoms with Crippen molar-refractivity contribution in [3.63, 3.8) is 0 Å². The monoisotopic (exact) mass is 453 g/mol. The summed E-state index contributed by atoms with van der Waals surface area (Å²) in [6.45, 7) is 1.37. The highest BCUT2D eigenvalue weighted by Crippen LogP contribution is 2.41. The van der Waals surface area contributed by atoms with Gasteiger partial charge >= 0.3 is 0 Å². The molecule has 2 N–H and O–H groups in total. The van der Waals surface area contributed by atoms with Crippen molar-refractivity contribution < 1.29 is 18.7 Å². The summed E-state index contributed by atoms with van der Waals surface area (Å²) in [5.41, 5.74) is 1.92. The number of rotatable bonds is 7. The Hall–Kier alpha value is -3.45. The number of hydrogen-bond donors (Lipinski definition) is 2. The van der Waals surface area contributed by atoms with Crippen molar-refractivity contribution in [1.29, 1.82) is 0 Å². The van der Waals surface area contributed by atoms with Gasteiger partial charge in [-0.3, -0.25) is 9.59 Å². The average molecular weight is 454 g/mol. The highest BCUT2D eigenvalue weighted by atomic mass is 35.5. The van der Waals surface area contributed by atoms with E-state index in [0.717, 1.165) is 18.4 Å². The van der Waals surface area contributed by atoms with Gasteiger partial charge in [0.25, 0.3) is 0 Å². The molecule has 0 atom stereocenters. The number of hydrogen-bond acceptors (Lipinski definition) is 4. The van der Waals surface area contributed by atoms with E-state index in [4.69, 9.17) is 16.3 Å². The Balaban J connectivity index is 1.41. The van der Waals surface area contributed by atoms with Gasteiger partial charge in [0.05, 0.1) is 17.1 Å². The number of anilines is 2. The second-order valence-electron chi connectivity index (χ2n) is 7.65. The molecule has 6 nitrogen and oxygen atoms in total. The Bertz CT molecular complexity index is 1180. The van der Waals surface area contributed by atoms with E-state index in [1.165, 1.54) is 31.3 Å². The lowest BCUT2D eigenvalue weighted by Gasteiger charge is -2.11. The molecule has 1 aliphatic carbocycles. The molecule has 0 unspecified atom stereocenters. The van der Waals surface area contributed by atoms with E-state index >= 15 is 0 Å². The molecule has 2 aromatic carbocycles. The van der Waals surface area contributed by atoms with Crippen LogP contribution in [0.5, 0.6) is 11.5 Å². The van der Waals surface area contributed by atoms with Gasteiger partial charge in [0, 0.05) is 25.3 Å². The fraction of sp³-hybridized carbons (Fsp3) is 0.208. The van der Waals surface area contributed by atoms with Gasteiger partial charge in [-0.1, -0.05) is 23.7 Å². The predicted octanol–water partition coefficient (Wildman–Crippen LogP) is 5.68. The highest BCUT2D eigenvalue weighted by molar-refractivity contribution is 6.33. The van der Waals surface area contributed by atoms with Gasteiger partial charge in [-0.25, -0.2) is 9.37 Å². The molecule has 0 radical (unpaired) electrons. The van der Waals surface area contributed by atoms with E-state index in [1.54, 1.807) is 18.2 Å². The van der Waals surface area contributed by atoms with Crippen LogP contribution in [-0.2, 0) is 16.0 Å². The lowest BCUT2D eigenvalue weighted by molar-refractivity contribution is -0.116. The summed E-state index contributed by atoms with van der Waals surface area (Å²) in [4.78, 5) is 27.6. The first kappa shape index (κ1) is 21.8. The van der Waals surface area contributed by atoms with Crippen LogP contribution in [0.1, 0.15) is 36.8 Å². The molecule has 3 aromatic rings. The highest BCUT2D eigenvalue weighted by Gasteiger charge is 2.24. The topological polar surface area (TPSA) is 80.3 Å². The molecule has 4 rings (SSSR count). The second-order valence-corrected chi connectivity index (χ2v) is 8.06. The van der Waals surface area contributed by atoms with Gasteiger partial charge in [0.1, 0.15) is 23.1 Å².